The van der Waals surface area contributed by atoms with Gasteiger partial charge in [0.05, 0.1) is 7.11 Å². The molecule has 1 aromatic heterocycles. The Morgan fingerprint density at radius 3 is 2.79 bits per heavy atom. The topological polar surface area (TPSA) is 41.5 Å². The van der Waals surface area contributed by atoms with E-state index in [2.05, 4.69) is 26.8 Å². The fourth-order valence-corrected chi connectivity index (χ4v) is 3.32. The number of methoxy groups -OCH3 is 1. The number of aromatic nitrogens is 2. The standard InChI is InChI=1S/C14H22N4O/c1-10-8-13(19-3)16-14(15-10)18-11-4-5-12(18)9-17(2)7-6-11/h8,11-12H,4-7,9H2,1-3H3/t11-,12+/m1/s1. The van der Waals surface area contributed by atoms with E-state index >= 15 is 0 Å². The van der Waals surface area contributed by atoms with Crippen LogP contribution in [0.4, 0.5) is 5.95 Å². The van der Waals surface area contributed by atoms with Crippen molar-refractivity contribution in [2.45, 2.75) is 38.3 Å². The van der Waals surface area contributed by atoms with Gasteiger partial charge in [0, 0.05) is 30.4 Å². The van der Waals surface area contributed by atoms with E-state index in [-0.39, 0.29) is 0 Å². The molecule has 3 rings (SSSR count). The maximum Gasteiger partial charge on any atom is 0.229 e. The second-order valence-electron chi connectivity index (χ2n) is 5.69. The summed E-state index contributed by atoms with van der Waals surface area (Å²) in [6.45, 7) is 4.27. The molecule has 0 spiro atoms. The monoisotopic (exact) mass is 262 g/mol. The minimum Gasteiger partial charge on any atom is -0.481 e. The number of rotatable bonds is 2. The third-order valence-corrected chi connectivity index (χ3v) is 4.25. The normalized spacial score (nSPS) is 27.4. The van der Waals surface area contributed by atoms with Crippen LogP contribution < -0.4 is 9.64 Å². The van der Waals surface area contributed by atoms with Crippen LogP contribution in [0, 0.1) is 6.92 Å². The number of fused-ring (bicyclic) bond motifs is 2. The quantitative estimate of drug-likeness (QED) is 0.807. The van der Waals surface area contributed by atoms with E-state index in [1.807, 2.05) is 13.0 Å². The van der Waals surface area contributed by atoms with E-state index in [4.69, 9.17) is 4.74 Å². The molecule has 0 aromatic carbocycles. The minimum atomic E-state index is 0.545. The fourth-order valence-electron chi connectivity index (χ4n) is 3.32. The first-order chi connectivity index (χ1) is 9.17. The van der Waals surface area contributed by atoms with Crippen molar-refractivity contribution in [3.8, 4) is 5.88 Å². The Morgan fingerprint density at radius 2 is 2.00 bits per heavy atom. The predicted molar refractivity (Wildman–Crippen MR) is 74.7 cm³/mol. The van der Waals surface area contributed by atoms with Crippen LogP contribution in [-0.4, -0.2) is 54.2 Å². The van der Waals surface area contributed by atoms with Crippen molar-refractivity contribution in [2.24, 2.45) is 0 Å². The first-order valence-electron chi connectivity index (χ1n) is 7.04. The molecule has 0 aliphatic carbocycles. The molecule has 0 N–H and O–H groups in total. The molecule has 2 fully saturated rings. The second-order valence-corrected chi connectivity index (χ2v) is 5.69. The SMILES string of the molecule is COc1cc(C)nc(N2[C@@H]3CC[C@H]2CN(C)CC3)n1. The van der Waals surface area contributed by atoms with Crippen LogP contribution in [0.2, 0.25) is 0 Å². The molecule has 104 valence electrons. The van der Waals surface area contributed by atoms with Gasteiger partial charge in [0.15, 0.2) is 0 Å². The summed E-state index contributed by atoms with van der Waals surface area (Å²) in [4.78, 5) is 14.0. The number of likely N-dealkylation sites (N-methyl/N-ethyl adjacent to an activating group) is 1. The van der Waals surface area contributed by atoms with Gasteiger partial charge in [-0.3, -0.25) is 0 Å². The maximum atomic E-state index is 5.28. The van der Waals surface area contributed by atoms with Crippen LogP contribution >= 0.6 is 0 Å². The van der Waals surface area contributed by atoms with Crippen LogP contribution in [0.3, 0.4) is 0 Å². The molecule has 2 bridgehead atoms. The van der Waals surface area contributed by atoms with Crippen LogP contribution in [0.25, 0.3) is 0 Å². The first kappa shape index (κ1) is 12.7. The van der Waals surface area contributed by atoms with Gasteiger partial charge in [-0.25, -0.2) is 4.98 Å². The Kier molecular flexibility index (Phi) is 3.31. The third kappa shape index (κ3) is 2.39. The fraction of sp³-hybridized carbons (Fsp3) is 0.714. The van der Waals surface area contributed by atoms with Crippen molar-refractivity contribution >= 4 is 5.95 Å². The molecule has 3 heterocycles. The largest absolute Gasteiger partial charge is 0.481 e. The Bertz CT molecular complexity index is 465. The van der Waals surface area contributed by atoms with Gasteiger partial charge in [0.25, 0.3) is 0 Å². The van der Waals surface area contributed by atoms with E-state index in [1.165, 1.54) is 25.8 Å². The Labute approximate surface area is 114 Å². The number of hydrogen-bond donors (Lipinski definition) is 0. The number of nitrogens with zero attached hydrogens (tertiary/aromatic N) is 4. The Morgan fingerprint density at radius 1 is 1.21 bits per heavy atom. The van der Waals surface area contributed by atoms with E-state index in [0.717, 1.165) is 18.2 Å². The zero-order chi connectivity index (χ0) is 13.4. The van der Waals surface area contributed by atoms with E-state index in [9.17, 15) is 0 Å². The van der Waals surface area contributed by atoms with Gasteiger partial charge in [0.1, 0.15) is 0 Å². The highest BCUT2D eigenvalue weighted by Gasteiger charge is 2.38. The summed E-state index contributed by atoms with van der Waals surface area (Å²) in [7, 11) is 3.87. The third-order valence-electron chi connectivity index (χ3n) is 4.25. The summed E-state index contributed by atoms with van der Waals surface area (Å²) in [5.41, 5.74) is 0.971. The van der Waals surface area contributed by atoms with Gasteiger partial charge in [-0.2, -0.15) is 4.98 Å². The first-order valence-corrected chi connectivity index (χ1v) is 7.04. The average molecular weight is 262 g/mol. The predicted octanol–water partition coefficient (Wildman–Crippen LogP) is 1.47. The van der Waals surface area contributed by atoms with Crippen molar-refractivity contribution in [3.63, 3.8) is 0 Å². The van der Waals surface area contributed by atoms with Crippen molar-refractivity contribution in [1.29, 1.82) is 0 Å². The lowest BCUT2D eigenvalue weighted by Gasteiger charge is -2.28. The van der Waals surface area contributed by atoms with E-state index in [0.29, 0.717) is 18.0 Å². The molecule has 0 radical (unpaired) electrons. The summed E-state index contributed by atoms with van der Waals surface area (Å²) >= 11 is 0. The lowest BCUT2D eigenvalue weighted by atomic mass is 10.1. The minimum absolute atomic E-state index is 0.545. The van der Waals surface area contributed by atoms with Gasteiger partial charge in [0.2, 0.25) is 11.8 Å². The molecule has 5 heteroatoms. The zero-order valence-corrected chi connectivity index (χ0v) is 12.0. The highest BCUT2D eigenvalue weighted by Crippen LogP contribution is 2.33. The summed E-state index contributed by atoms with van der Waals surface area (Å²) in [6.07, 6.45) is 3.71. The molecule has 0 saturated carbocycles. The van der Waals surface area contributed by atoms with Gasteiger partial charge < -0.3 is 14.5 Å². The summed E-state index contributed by atoms with van der Waals surface area (Å²) in [5, 5.41) is 0. The second kappa shape index (κ2) is 4.96. The molecular formula is C14H22N4O. The molecule has 0 amide bonds. The summed E-state index contributed by atoms with van der Waals surface area (Å²) in [6, 6.07) is 3.01. The van der Waals surface area contributed by atoms with Gasteiger partial charge in [-0.1, -0.05) is 0 Å². The Hall–Kier alpha value is -1.36. The number of ether oxygens (including phenoxy) is 1. The highest BCUT2D eigenvalue weighted by molar-refractivity contribution is 5.39. The molecule has 2 aliphatic heterocycles. The molecule has 0 unspecified atom stereocenters. The summed E-state index contributed by atoms with van der Waals surface area (Å²) < 4.78 is 5.28. The molecule has 5 nitrogen and oxygen atoms in total. The van der Waals surface area contributed by atoms with Gasteiger partial charge in [-0.05, 0) is 39.8 Å². The van der Waals surface area contributed by atoms with Gasteiger partial charge in [-0.15, -0.1) is 0 Å². The van der Waals surface area contributed by atoms with Crippen LogP contribution in [0.15, 0.2) is 6.07 Å². The number of hydrogen-bond acceptors (Lipinski definition) is 5. The molecular weight excluding hydrogens is 240 g/mol. The van der Waals surface area contributed by atoms with Crippen molar-refractivity contribution in [2.75, 3.05) is 32.1 Å². The van der Waals surface area contributed by atoms with E-state index in [1.54, 1.807) is 7.11 Å². The maximum absolute atomic E-state index is 5.28. The lowest BCUT2D eigenvalue weighted by Crippen LogP contribution is -2.39. The Balaban J connectivity index is 1.94. The molecule has 2 aliphatic rings. The molecule has 2 saturated heterocycles. The van der Waals surface area contributed by atoms with Gasteiger partial charge >= 0.3 is 0 Å². The molecule has 19 heavy (non-hydrogen) atoms. The number of anilines is 1. The van der Waals surface area contributed by atoms with Crippen molar-refractivity contribution in [1.82, 2.24) is 14.9 Å². The van der Waals surface area contributed by atoms with Crippen molar-refractivity contribution in [3.05, 3.63) is 11.8 Å². The van der Waals surface area contributed by atoms with Crippen molar-refractivity contribution < 1.29 is 4.74 Å². The highest BCUT2D eigenvalue weighted by atomic mass is 16.5. The summed E-state index contributed by atoms with van der Waals surface area (Å²) in [5.74, 6) is 1.51. The lowest BCUT2D eigenvalue weighted by molar-refractivity contribution is 0.315. The average Bonchev–Trinajstić information content (AvgIpc) is 2.69. The number of likely N-dealkylation sites (tertiary alicyclic amines) is 1. The molecule has 1 aromatic rings. The zero-order valence-electron chi connectivity index (χ0n) is 12.0. The number of aryl methyl sites for hydroxylation is 1. The van der Waals surface area contributed by atoms with Crippen LogP contribution in [-0.2, 0) is 0 Å². The van der Waals surface area contributed by atoms with E-state index < -0.39 is 0 Å². The molecule has 2 atom stereocenters. The smallest absolute Gasteiger partial charge is 0.229 e. The van der Waals surface area contributed by atoms with Crippen LogP contribution in [0.1, 0.15) is 25.0 Å². The van der Waals surface area contributed by atoms with Crippen LogP contribution in [0.5, 0.6) is 5.88 Å².